The lowest BCUT2D eigenvalue weighted by atomic mass is 9.99. The molecule has 0 aliphatic carbocycles. The van der Waals surface area contributed by atoms with Crippen molar-refractivity contribution in [2.45, 2.75) is 19.8 Å². The third-order valence-corrected chi connectivity index (χ3v) is 5.83. The van der Waals surface area contributed by atoms with Crippen LogP contribution in [0.25, 0.3) is 10.8 Å². The van der Waals surface area contributed by atoms with Crippen molar-refractivity contribution in [3.63, 3.8) is 0 Å². The number of anilines is 1. The average Bonchev–Trinajstić information content (AvgIpc) is 2.81. The maximum Gasteiger partial charge on any atom is 0.338 e. The predicted molar refractivity (Wildman–Crippen MR) is 122 cm³/mol. The molecule has 1 atom stereocenters. The van der Waals surface area contributed by atoms with Crippen LogP contribution in [0, 0.1) is 16.0 Å². The molecule has 1 unspecified atom stereocenters. The first kappa shape index (κ1) is 21.5. The molecule has 0 aromatic heterocycles. The molecule has 7 nitrogen and oxygen atoms in total. The number of hydrogen-bond donors (Lipinski definition) is 0. The third-order valence-electron chi connectivity index (χ3n) is 5.83. The van der Waals surface area contributed by atoms with Crippen LogP contribution in [0.2, 0.25) is 0 Å². The van der Waals surface area contributed by atoms with Gasteiger partial charge in [0, 0.05) is 24.7 Å². The number of ketones is 1. The summed E-state index contributed by atoms with van der Waals surface area (Å²) in [6, 6.07) is 17.2. The van der Waals surface area contributed by atoms with Gasteiger partial charge in [0.25, 0.3) is 5.69 Å². The highest BCUT2D eigenvalue weighted by Crippen LogP contribution is 2.32. The molecule has 0 N–H and O–H groups in total. The van der Waals surface area contributed by atoms with E-state index in [2.05, 4.69) is 6.92 Å². The molecule has 3 aromatic carbocycles. The van der Waals surface area contributed by atoms with Gasteiger partial charge in [-0.1, -0.05) is 49.4 Å². The molecule has 0 radical (unpaired) electrons. The molecule has 32 heavy (non-hydrogen) atoms. The minimum Gasteiger partial charge on any atom is -0.454 e. The van der Waals surface area contributed by atoms with Crippen LogP contribution in [0.3, 0.4) is 0 Å². The minimum absolute atomic E-state index is 0.0521. The second-order valence-corrected chi connectivity index (χ2v) is 8.18. The number of hydrogen-bond acceptors (Lipinski definition) is 6. The Morgan fingerprint density at radius 2 is 1.91 bits per heavy atom. The number of carbonyl (C=O) groups excluding carboxylic acids is 2. The average molecular weight is 432 g/mol. The van der Waals surface area contributed by atoms with E-state index in [1.54, 1.807) is 18.2 Å². The van der Waals surface area contributed by atoms with Gasteiger partial charge < -0.3 is 9.64 Å². The van der Waals surface area contributed by atoms with E-state index in [9.17, 15) is 19.7 Å². The number of rotatable bonds is 6. The van der Waals surface area contributed by atoms with Crippen LogP contribution in [0.1, 0.15) is 40.5 Å². The monoisotopic (exact) mass is 432 g/mol. The van der Waals surface area contributed by atoms with Crippen LogP contribution in [0.4, 0.5) is 11.4 Å². The lowest BCUT2D eigenvalue weighted by Crippen LogP contribution is -2.34. The van der Waals surface area contributed by atoms with Crippen molar-refractivity contribution < 1.29 is 19.2 Å². The number of ether oxygens (including phenoxy) is 1. The van der Waals surface area contributed by atoms with E-state index in [1.807, 2.05) is 35.2 Å². The lowest BCUT2D eigenvalue weighted by Gasteiger charge is -2.32. The molecular weight excluding hydrogens is 408 g/mol. The molecule has 0 spiro atoms. The van der Waals surface area contributed by atoms with Crippen molar-refractivity contribution in [2.75, 3.05) is 24.6 Å². The topological polar surface area (TPSA) is 89.8 Å². The predicted octanol–water partition coefficient (Wildman–Crippen LogP) is 5.02. The van der Waals surface area contributed by atoms with E-state index >= 15 is 0 Å². The zero-order valence-electron chi connectivity index (χ0n) is 17.8. The van der Waals surface area contributed by atoms with Crippen LogP contribution in [0.5, 0.6) is 0 Å². The molecule has 1 aliphatic heterocycles. The largest absolute Gasteiger partial charge is 0.454 e. The molecule has 7 heteroatoms. The zero-order chi connectivity index (χ0) is 22.7. The van der Waals surface area contributed by atoms with Crippen molar-refractivity contribution in [3.8, 4) is 0 Å². The summed E-state index contributed by atoms with van der Waals surface area (Å²) in [7, 11) is 0. The second-order valence-electron chi connectivity index (χ2n) is 8.18. The fraction of sp³-hybridized carbons (Fsp3) is 0.280. The van der Waals surface area contributed by atoms with E-state index in [0.717, 1.165) is 36.7 Å². The summed E-state index contributed by atoms with van der Waals surface area (Å²) in [4.78, 5) is 38.4. The highest BCUT2D eigenvalue weighted by molar-refractivity contribution is 6.09. The van der Waals surface area contributed by atoms with Gasteiger partial charge in [-0.15, -0.1) is 0 Å². The van der Waals surface area contributed by atoms with Gasteiger partial charge in [0.05, 0.1) is 10.5 Å². The number of nitro benzene ring substituents is 1. The summed E-state index contributed by atoms with van der Waals surface area (Å²) in [5.41, 5.74) is 0.895. The summed E-state index contributed by atoms with van der Waals surface area (Å²) in [5, 5.41) is 13.4. The summed E-state index contributed by atoms with van der Waals surface area (Å²) >= 11 is 0. The molecule has 1 saturated heterocycles. The van der Waals surface area contributed by atoms with Crippen LogP contribution in [-0.2, 0) is 4.74 Å². The van der Waals surface area contributed by atoms with Gasteiger partial charge in [0.2, 0.25) is 5.78 Å². The Labute approximate surface area is 185 Å². The zero-order valence-corrected chi connectivity index (χ0v) is 17.8. The van der Waals surface area contributed by atoms with Crippen molar-refractivity contribution in [1.82, 2.24) is 0 Å². The molecule has 0 bridgehead atoms. The van der Waals surface area contributed by atoms with Gasteiger partial charge in [0.1, 0.15) is 5.69 Å². The number of Topliss-reactive ketones (excluding diaryl/α,β-unsaturated/α-hetero) is 1. The number of benzene rings is 3. The standard InChI is InChI=1S/C25H24N2O5/c1-17-6-5-13-26(15-17)22-12-11-19(14-23(22)27(30)31)25(29)32-16-24(28)21-10-4-8-18-7-2-3-9-20(18)21/h2-4,7-12,14,17H,5-6,13,15-16H2,1H3. The maximum absolute atomic E-state index is 12.7. The Bertz CT molecular complexity index is 1180. The van der Waals surface area contributed by atoms with Gasteiger partial charge in [0.15, 0.2) is 6.61 Å². The van der Waals surface area contributed by atoms with E-state index in [1.165, 1.54) is 12.1 Å². The quantitative estimate of drug-likeness (QED) is 0.235. The van der Waals surface area contributed by atoms with Crippen LogP contribution in [-0.4, -0.2) is 36.4 Å². The molecule has 3 aromatic rings. The van der Waals surface area contributed by atoms with E-state index < -0.39 is 17.5 Å². The fourth-order valence-electron chi connectivity index (χ4n) is 4.23. The van der Waals surface area contributed by atoms with Crippen molar-refractivity contribution >= 4 is 33.9 Å². The number of nitrogens with zero attached hydrogens (tertiary/aromatic N) is 2. The van der Waals surface area contributed by atoms with Crippen LogP contribution in [0.15, 0.2) is 60.7 Å². The molecule has 1 fully saturated rings. The van der Waals surface area contributed by atoms with Gasteiger partial charge in [-0.05, 0) is 41.7 Å². The lowest BCUT2D eigenvalue weighted by molar-refractivity contribution is -0.384. The Kier molecular flexibility index (Phi) is 6.16. The number of nitro groups is 1. The van der Waals surface area contributed by atoms with Gasteiger partial charge >= 0.3 is 5.97 Å². The molecule has 1 aliphatic rings. The SMILES string of the molecule is CC1CCCN(c2ccc(C(=O)OCC(=O)c3cccc4ccccc34)cc2[N+](=O)[O-])C1. The van der Waals surface area contributed by atoms with Gasteiger partial charge in [-0.2, -0.15) is 0 Å². The molecular formula is C25H24N2O5. The maximum atomic E-state index is 12.7. The first-order chi connectivity index (χ1) is 15.4. The van der Waals surface area contributed by atoms with E-state index in [0.29, 0.717) is 17.2 Å². The molecule has 4 rings (SSSR count). The highest BCUT2D eigenvalue weighted by atomic mass is 16.6. The third kappa shape index (κ3) is 4.46. The first-order valence-corrected chi connectivity index (χ1v) is 10.7. The van der Waals surface area contributed by atoms with Crippen molar-refractivity contribution in [2.24, 2.45) is 5.92 Å². The smallest absolute Gasteiger partial charge is 0.338 e. The minimum atomic E-state index is -0.764. The number of fused-ring (bicyclic) bond motifs is 1. The molecule has 1 heterocycles. The molecule has 164 valence electrons. The van der Waals surface area contributed by atoms with Gasteiger partial charge in [-0.25, -0.2) is 4.79 Å². The summed E-state index contributed by atoms with van der Waals surface area (Å²) in [6.45, 7) is 3.17. The molecule has 0 amide bonds. The van der Waals surface area contributed by atoms with Crippen LogP contribution < -0.4 is 4.90 Å². The number of piperidine rings is 1. The Morgan fingerprint density at radius 1 is 1.12 bits per heavy atom. The van der Waals surface area contributed by atoms with Crippen molar-refractivity contribution in [1.29, 1.82) is 0 Å². The van der Waals surface area contributed by atoms with Crippen molar-refractivity contribution in [3.05, 3.63) is 81.9 Å². The second kappa shape index (κ2) is 9.18. The normalized spacial score (nSPS) is 16.0. The Morgan fingerprint density at radius 3 is 2.69 bits per heavy atom. The van der Waals surface area contributed by atoms with E-state index in [4.69, 9.17) is 4.74 Å². The molecule has 0 saturated carbocycles. The van der Waals surface area contributed by atoms with E-state index in [-0.39, 0.29) is 17.0 Å². The van der Waals surface area contributed by atoms with Gasteiger partial charge in [-0.3, -0.25) is 14.9 Å². The summed E-state index contributed by atoms with van der Waals surface area (Å²) in [6.07, 6.45) is 2.07. The fourth-order valence-corrected chi connectivity index (χ4v) is 4.23. The Balaban J connectivity index is 1.50. The first-order valence-electron chi connectivity index (χ1n) is 10.7. The Hall–Kier alpha value is -3.74. The summed E-state index contributed by atoms with van der Waals surface area (Å²) in [5.74, 6) is -0.642. The number of carbonyl (C=O) groups is 2. The highest BCUT2D eigenvalue weighted by Gasteiger charge is 2.25. The number of esters is 1. The van der Waals surface area contributed by atoms with Crippen LogP contribution >= 0.6 is 0 Å². The summed E-state index contributed by atoms with van der Waals surface area (Å²) < 4.78 is 5.21.